The largest absolute Gasteiger partial charge is 0.316 e. The first kappa shape index (κ1) is 10.3. The van der Waals surface area contributed by atoms with Gasteiger partial charge < -0.3 is 5.32 Å². The fourth-order valence-corrected chi connectivity index (χ4v) is 1.99. The summed E-state index contributed by atoms with van der Waals surface area (Å²) < 4.78 is 12.7. The number of carbonyl (C=O) groups excluding carboxylic acids is 1. The minimum Gasteiger partial charge on any atom is -0.316 e. The molecule has 0 saturated carbocycles. The van der Waals surface area contributed by atoms with Crippen molar-refractivity contribution in [3.63, 3.8) is 0 Å². The third kappa shape index (κ3) is 2.07. The van der Waals surface area contributed by atoms with Crippen LogP contribution in [0, 0.1) is 17.7 Å². The fraction of sp³-hybridized carbons (Fsp3) is 0.417. The van der Waals surface area contributed by atoms with Gasteiger partial charge in [-0.25, -0.2) is 4.39 Å². The molecule has 0 spiro atoms. The molecule has 0 unspecified atom stereocenters. The second kappa shape index (κ2) is 4.11. The first-order chi connectivity index (χ1) is 7.18. The Hall–Kier alpha value is -1.22. The lowest BCUT2D eigenvalue weighted by molar-refractivity contribution is 0.0907. The maximum Gasteiger partial charge on any atom is 0.167 e. The van der Waals surface area contributed by atoms with Crippen molar-refractivity contribution in [3.05, 3.63) is 35.6 Å². The number of carbonyl (C=O) groups is 1. The Morgan fingerprint density at radius 1 is 1.33 bits per heavy atom. The molecule has 2 atom stereocenters. The molecule has 1 aliphatic heterocycles. The third-order valence-corrected chi connectivity index (χ3v) is 2.98. The summed E-state index contributed by atoms with van der Waals surface area (Å²) in [5, 5.41) is 3.19. The second-order valence-corrected chi connectivity index (χ2v) is 4.11. The molecule has 1 aromatic carbocycles. The van der Waals surface area contributed by atoms with E-state index in [9.17, 15) is 9.18 Å². The van der Waals surface area contributed by atoms with Gasteiger partial charge in [-0.3, -0.25) is 4.79 Å². The van der Waals surface area contributed by atoms with Gasteiger partial charge in [0.1, 0.15) is 5.82 Å². The molecule has 0 aliphatic carbocycles. The molecule has 0 amide bonds. The van der Waals surface area contributed by atoms with Gasteiger partial charge in [0.2, 0.25) is 0 Å². The fourth-order valence-electron chi connectivity index (χ4n) is 1.99. The zero-order chi connectivity index (χ0) is 10.8. The van der Waals surface area contributed by atoms with Crippen LogP contribution in [0.2, 0.25) is 0 Å². The van der Waals surface area contributed by atoms with Crippen molar-refractivity contribution in [1.82, 2.24) is 5.32 Å². The topological polar surface area (TPSA) is 29.1 Å². The highest BCUT2D eigenvalue weighted by atomic mass is 19.1. The van der Waals surface area contributed by atoms with Gasteiger partial charge in [0.25, 0.3) is 0 Å². The monoisotopic (exact) mass is 207 g/mol. The molecule has 0 aromatic heterocycles. The van der Waals surface area contributed by atoms with E-state index in [1.165, 1.54) is 12.1 Å². The van der Waals surface area contributed by atoms with E-state index in [1.807, 2.05) is 0 Å². The van der Waals surface area contributed by atoms with Crippen molar-refractivity contribution in [2.75, 3.05) is 13.1 Å². The normalized spacial score (nSPS) is 25.5. The number of benzene rings is 1. The maximum atomic E-state index is 12.7. The van der Waals surface area contributed by atoms with Crippen LogP contribution < -0.4 is 5.32 Å². The van der Waals surface area contributed by atoms with Crippen LogP contribution in [-0.2, 0) is 0 Å². The zero-order valence-electron chi connectivity index (χ0n) is 8.66. The first-order valence-electron chi connectivity index (χ1n) is 5.19. The number of halogens is 1. The van der Waals surface area contributed by atoms with E-state index in [2.05, 4.69) is 12.2 Å². The number of Topliss-reactive ketones (excluding diaryl/α,β-unsaturated/α-hetero) is 1. The summed E-state index contributed by atoms with van der Waals surface area (Å²) >= 11 is 0. The van der Waals surface area contributed by atoms with Crippen molar-refractivity contribution in [3.8, 4) is 0 Å². The number of hydrogen-bond donors (Lipinski definition) is 1. The highest BCUT2D eigenvalue weighted by Crippen LogP contribution is 2.21. The number of ketones is 1. The maximum absolute atomic E-state index is 12.7. The molecule has 0 radical (unpaired) electrons. The van der Waals surface area contributed by atoms with E-state index >= 15 is 0 Å². The molecule has 0 bridgehead atoms. The Morgan fingerprint density at radius 2 is 2.00 bits per heavy atom. The van der Waals surface area contributed by atoms with Gasteiger partial charge in [0.15, 0.2) is 5.78 Å². The minimum atomic E-state index is -0.302. The average molecular weight is 207 g/mol. The van der Waals surface area contributed by atoms with E-state index in [4.69, 9.17) is 0 Å². The van der Waals surface area contributed by atoms with Gasteiger partial charge >= 0.3 is 0 Å². The van der Waals surface area contributed by atoms with Crippen molar-refractivity contribution in [1.29, 1.82) is 0 Å². The van der Waals surface area contributed by atoms with E-state index in [1.54, 1.807) is 12.1 Å². The van der Waals surface area contributed by atoms with E-state index in [0.717, 1.165) is 13.1 Å². The SMILES string of the molecule is C[C@H]1CNC[C@@H]1C(=O)c1ccc(F)cc1. The minimum absolute atomic E-state index is 0.0375. The van der Waals surface area contributed by atoms with Crippen molar-refractivity contribution in [2.24, 2.45) is 11.8 Å². The summed E-state index contributed by atoms with van der Waals surface area (Å²) in [5.74, 6) is 0.217. The van der Waals surface area contributed by atoms with E-state index in [0.29, 0.717) is 11.5 Å². The molecule has 2 nitrogen and oxygen atoms in total. The quantitative estimate of drug-likeness (QED) is 0.750. The summed E-state index contributed by atoms with van der Waals surface area (Å²) in [4.78, 5) is 12.0. The van der Waals surface area contributed by atoms with E-state index in [-0.39, 0.29) is 17.5 Å². The number of nitrogens with one attached hydrogen (secondary N) is 1. The lowest BCUT2D eigenvalue weighted by atomic mass is 9.90. The molecule has 1 fully saturated rings. The Labute approximate surface area is 88.5 Å². The summed E-state index contributed by atoms with van der Waals surface area (Å²) in [5.41, 5.74) is 0.608. The lowest BCUT2D eigenvalue weighted by Gasteiger charge is -2.12. The molecule has 1 aliphatic rings. The second-order valence-electron chi connectivity index (χ2n) is 4.11. The molecule has 1 saturated heterocycles. The van der Waals surface area contributed by atoms with E-state index < -0.39 is 0 Å². The number of hydrogen-bond acceptors (Lipinski definition) is 2. The Balaban J connectivity index is 2.17. The van der Waals surface area contributed by atoms with Gasteiger partial charge in [-0.05, 0) is 36.7 Å². The van der Waals surface area contributed by atoms with Crippen LogP contribution in [0.3, 0.4) is 0 Å². The standard InChI is InChI=1S/C12H14FNO/c1-8-6-14-7-11(8)12(15)9-2-4-10(13)5-3-9/h2-5,8,11,14H,6-7H2,1H3/t8-,11-/m0/s1. The smallest absolute Gasteiger partial charge is 0.167 e. The predicted octanol–water partition coefficient (Wildman–Crippen LogP) is 1.86. The predicted molar refractivity (Wildman–Crippen MR) is 56.3 cm³/mol. The highest BCUT2D eigenvalue weighted by Gasteiger charge is 2.29. The van der Waals surface area contributed by atoms with Crippen LogP contribution in [0.5, 0.6) is 0 Å². The van der Waals surface area contributed by atoms with Gasteiger partial charge in [-0.1, -0.05) is 6.92 Å². The highest BCUT2D eigenvalue weighted by molar-refractivity contribution is 5.98. The Bertz CT molecular complexity index is 360. The third-order valence-electron chi connectivity index (χ3n) is 2.98. The van der Waals surface area contributed by atoms with Crippen molar-refractivity contribution in [2.45, 2.75) is 6.92 Å². The molecule has 1 heterocycles. The molecular weight excluding hydrogens is 193 g/mol. The van der Waals surface area contributed by atoms with Crippen LogP contribution in [0.15, 0.2) is 24.3 Å². The van der Waals surface area contributed by atoms with Crippen LogP contribution in [0.25, 0.3) is 0 Å². The summed E-state index contributed by atoms with van der Waals surface area (Å²) in [7, 11) is 0. The van der Waals surface area contributed by atoms with Crippen LogP contribution in [-0.4, -0.2) is 18.9 Å². The summed E-state index contributed by atoms with van der Waals surface area (Å²) in [6.45, 7) is 3.68. The van der Waals surface area contributed by atoms with Gasteiger partial charge in [-0.2, -0.15) is 0 Å². The van der Waals surface area contributed by atoms with Crippen molar-refractivity contribution < 1.29 is 9.18 Å². The Morgan fingerprint density at radius 3 is 2.53 bits per heavy atom. The molecule has 3 heteroatoms. The molecule has 2 rings (SSSR count). The van der Waals surface area contributed by atoms with Crippen LogP contribution >= 0.6 is 0 Å². The number of rotatable bonds is 2. The summed E-state index contributed by atoms with van der Waals surface area (Å²) in [6, 6.07) is 5.78. The molecule has 15 heavy (non-hydrogen) atoms. The lowest BCUT2D eigenvalue weighted by Crippen LogP contribution is -2.21. The molecular formula is C12H14FNO. The van der Waals surface area contributed by atoms with Crippen molar-refractivity contribution >= 4 is 5.78 Å². The molecule has 1 N–H and O–H groups in total. The average Bonchev–Trinajstić information content (AvgIpc) is 2.65. The Kier molecular flexibility index (Phi) is 2.82. The van der Waals surface area contributed by atoms with Gasteiger partial charge in [0, 0.05) is 18.0 Å². The summed E-state index contributed by atoms with van der Waals surface area (Å²) in [6.07, 6.45) is 0. The van der Waals surface area contributed by atoms with Gasteiger partial charge in [0.05, 0.1) is 0 Å². The molecule has 80 valence electrons. The zero-order valence-corrected chi connectivity index (χ0v) is 8.66. The van der Waals surface area contributed by atoms with Crippen LogP contribution in [0.4, 0.5) is 4.39 Å². The first-order valence-corrected chi connectivity index (χ1v) is 5.19. The van der Waals surface area contributed by atoms with Crippen LogP contribution in [0.1, 0.15) is 17.3 Å². The van der Waals surface area contributed by atoms with Gasteiger partial charge in [-0.15, -0.1) is 0 Å². The molecule has 1 aromatic rings.